The molecule has 11 heteroatoms. The van der Waals surface area contributed by atoms with Gasteiger partial charge in [0.2, 0.25) is 0 Å². The zero-order valence-electron chi connectivity index (χ0n) is 15.3. The number of amides is 1. The van der Waals surface area contributed by atoms with Crippen molar-refractivity contribution in [3.63, 3.8) is 0 Å². The predicted octanol–water partition coefficient (Wildman–Crippen LogP) is 5.55. The van der Waals surface area contributed by atoms with Crippen LogP contribution >= 0.6 is 11.3 Å². The van der Waals surface area contributed by atoms with E-state index in [1.54, 1.807) is 18.2 Å². The smallest absolute Gasteiger partial charge is 0.298 e. The summed E-state index contributed by atoms with van der Waals surface area (Å²) in [5.41, 5.74) is -1.92. The van der Waals surface area contributed by atoms with Gasteiger partial charge in [0.15, 0.2) is 10.8 Å². The molecule has 2 aromatic carbocycles. The quantitative estimate of drug-likeness (QED) is 0.415. The molecule has 0 fully saturated rings. The maximum Gasteiger partial charge on any atom is 0.434 e. The molecule has 1 amide bonds. The summed E-state index contributed by atoms with van der Waals surface area (Å²) < 4.78 is 69.0. The monoisotopic (exact) mass is 450 g/mol. The van der Waals surface area contributed by atoms with E-state index < -0.39 is 35.0 Å². The third-order valence-electron chi connectivity index (χ3n) is 4.21. The minimum absolute atomic E-state index is 0.0355. The Balaban J connectivity index is 1.65. The summed E-state index contributed by atoms with van der Waals surface area (Å²) in [6, 6.07) is 10.4. The lowest BCUT2D eigenvalue weighted by Crippen LogP contribution is -2.20. The van der Waals surface area contributed by atoms with Gasteiger partial charge < -0.3 is 0 Å². The molecule has 2 heterocycles. The first-order chi connectivity index (χ1) is 14.7. The third kappa shape index (κ3) is 4.17. The van der Waals surface area contributed by atoms with Crippen molar-refractivity contribution < 1.29 is 26.7 Å². The fourth-order valence-corrected chi connectivity index (χ4v) is 3.57. The van der Waals surface area contributed by atoms with Gasteiger partial charge in [-0.1, -0.05) is 18.2 Å². The second-order valence-corrected chi connectivity index (χ2v) is 7.13. The number of carbonyl (C=O) groups is 1. The number of hydrogen-bond donors (Lipinski definition) is 1. The number of benzene rings is 2. The van der Waals surface area contributed by atoms with Crippen LogP contribution < -0.4 is 5.32 Å². The van der Waals surface area contributed by atoms with Crippen molar-refractivity contribution in [2.45, 2.75) is 6.18 Å². The van der Waals surface area contributed by atoms with Gasteiger partial charge in [-0.2, -0.15) is 18.3 Å². The van der Waals surface area contributed by atoms with Crippen LogP contribution in [0.2, 0.25) is 0 Å². The van der Waals surface area contributed by atoms with Crippen LogP contribution in [0.15, 0.2) is 60.1 Å². The van der Waals surface area contributed by atoms with Crippen molar-refractivity contribution in [2.24, 2.45) is 0 Å². The summed E-state index contributed by atoms with van der Waals surface area (Å²) in [5, 5.41) is 7.25. The molecule has 5 nitrogen and oxygen atoms in total. The molecule has 0 atom stereocenters. The van der Waals surface area contributed by atoms with Crippen molar-refractivity contribution >= 4 is 22.4 Å². The summed E-state index contributed by atoms with van der Waals surface area (Å²) in [5.74, 6) is -2.50. The zero-order chi connectivity index (χ0) is 22.2. The summed E-state index contributed by atoms with van der Waals surface area (Å²) in [4.78, 5) is 16.5. The van der Waals surface area contributed by atoms with Crippen molar-refractivity contribution in [2.75, 3.05) is 5.32 Å². The van der Waals surface area contributed by atoms with Crippen LogP contribution in [0.3, 0.4) is 0 Å². The van der Waals surface area contributed by atoms with E-state index in [1.165, 1.54) is 17.5 Å². The highest BCUT2D eigenvalue weighted by Crippen LogP contribution is 2.34. The van der Waals surface area contributed by atoms with Gasteiger partial charge in [0.25, 0.3) is 5.91 Å². The van der Waals surface area contributed by atoms with Crippen LogP contribution in [0.5, 0.6) is 0 Å². The van der Waals surface area contributed by atoms with E-state index in [4.69, 9.17) is 0 Å². The molecule has 4 rings (SSSR count). The van der Waals surface area contributed by atoms with Gasteiger partial charge in [0.1, 0.15) is 11.6 Å². The molecule has 4 aromatic rings. The molecular weight excluding hydrogens is 439 g/mol. The maximum atomic E-state index is 13.9. The Labute approximate surface area is 175 Å². The second kappa shape index (κ2) is 7.91. The normalized spacial score (nSPS) is 11.5. The van der Waals surface area contributed by atoms with Crippen LogP contribution in [0.1, 0.15) is 16.1 Å². The minimum atomic E-state index is -4.86. The lowest BCUT2D eigenvalue weighted by Gasteiger charge is -2.12. The largest absolute Gasteiger partial charge is 0.434 e. The van der Waals surface area contributed by atoms with Gasteiger partial charge in [0.05, 0.1) is 23.1 Å². The van der Waals surface area contributed by atoms with E-state index >= 15 is 0 Å². The Hall–Kier alpha value is -3.60. The predicted molar refractivity (Wildman–Crippen MR) is 104 cm³/mol. The highest BCUT2D eigenvalue weighted by atomic mass is 32.1. The Morgan fingerprint density at radius 3 is 2.52 bits per heavy atom. The Bertz CT molecular complexity index is 1250. The molecule has 0 unspecified atom stereocenters. The summed E-state index contributed by atoms with van der Waals surface area (Å²) in [6.07, 6.45) is -4.05. The molecule has 158 valence electrons. The molecule has 0 saturated carbocycles. The van der Waals surface area contributed by atoms with Crippen LogP contribution in [0.25, 0.3) is 16.9 Å². The van der Waals surface area contributed by atoms with E-state index in [-0.39, 0.29) is 22.1 Å². The van der Waals surface area contributed by atoms with E-state index in [0.717, 1.165) is 35.7 Å². The number of alkyl halides is 3. The number of hydrogen-bond acceptors (Lipinski definition) is 4. The number of rotatable bonds is 4. The third-order valence-corrected chi connectivity index (χ3v) is 4.97. The topological polar surface area (TPSA) is 59.8 Å². The number of halogens is 5. The van der Waals surface area contributed by atoms with Gasteiger partial charge in [-0.3, -0.25) is 10.1 Å². The van der Waals surface area contributed by atoms with Crippen LogP contribution in [-0.4, -0.2) is 20.7 Å². The molecule has 0 bridgehead atoms. The van der Waals surface area contributed by atoms with Crippen LogP contribution in [0.4, 0.5) is 27.1 Å². The van der Waals surface area contributed by atoms with Gasteiger partial charge in [0, 0.05) is 10.9 Å². The summed E-state index contributed by atoms with van der Waals surface area (Å²) in [7, 11) is 0. The van der Waals surface area contributed by atoms with Crippen molar-refractivity contribution in [3.8, 4) is 16.9 Å². The fourth-order valence-electron chi connectivity index (χ4n) is 2.87. The Kier molecular flexibility index (Phi) is 5.27. The molecule has 0 aliphatic heterocycles. The van der Waals surface area contributed by atoms with Gasteiger partial charge in [-0.15, -0.1) is 11.3 Å². The Morgan fingerprint density at radius 1 is 1.06 bits per heavy atom. The van der Waals surface area contributed by atoms with Crippen molar-refractivity contribution in [1.82, 2.24) is 14.8 Å². The van der Waals surface area contributed by atoms with Crippen molar-refractivity contribution in [1.29, 1.82) is 0 Å². The van der Waals surface area contributed by atoms with Crippen molar-refractivity contribution in [3.05, 3.63) is 83.0 Å². The first-order valence-electron chi connectivity index (χ1n) is 8.67. The molecule has 0 aliphatic rings. The van der Waals surface area contributed by atoms with E-state index in [0.29, 0.717) is 4.68 Å². The molecular formula is C20H11F5N4OS. The van der Waals surface area contributed by atoms with Gasteiger partial charge in [-0.25, -0.2) is 18.4 Å². The van der Waals surface area contributed by atoms with E-state index in [1.807, 2.05) is 0 Å². The molecule has 31 heavy (non-hydrogen) atoms. The van der Waals surface area contributed by atoms with E-state index in [9.17, 15) is 26.7 Å². The number of nitrogens with zero attached hydrogens (tertiary/aromatic N) is 3. The molecule has 1 N–H and O–H groups in total. The number of anilines is 1. The number of para-hydroxylation sites is 1. The Morgan fingerprint density at radius 2 is 1.81 bits per heavy atom. The summed E-state index contributed by atoms with van der Waals surface area (Å²) >= 11 is 0.858. The average molecular weight is 450 g/mol. The van der Waals surface area contributed by atoms with Crippen LogP contribution in [-0.2, 0) is 6.18 Å². The van der Waals surface area contributed by atoms with E-state index in [2.05, 4.69) is 15.4 Å². The molecule has 0 radical (unpaired) electrons. The molecule has 0 spiro atoms. The molecule has 2 aromatic heterocycles. The zero-order valence-corrected chi connectivity index (χ0v) is 16.1. The number of nitrogens with one attached hydrogen (secondary N) is 1. The van der Waals surface area contributed by atoms with Gasteiger partial charge in [-0.05, 0) is 30.3 Å². The maximum absolute atomic E-state index is 13.9. The number of carbonyl (C=O) groups excluding carboxylic acids is 1. The first-order valence-corrected chi connectivity index (χ1v) is 9.55. The molecule has 0 saturated heterocycles. The molecule has 0 aliphatic carbocycles. The van der Waals surface area contributed by atoms with Crippen LogP contribution in [0, 0.1) is 11.6 Å². The fraction of sp³-hybridized carbons (Fsp3) is 0.0500. The lowest BCUT2D eigenvalue weighted by molar-refractivity contribution is -0.143. The van der Waals surface area contributed by atoms with Gasteiger partial charge >= 0.3 is 6.18 Å². The second-order valence-electron chi connectivity index (χ2n) is 6.27. The number of thiazole rings is 1. The highest BCUT2D eigenvalue weighted by Gasteiger charge is 2.40. The minimum Gasteiger partial charge on any atom is -0.298 e. The average Bonchev–Trinajstić information content (AvgIpc) is 3.37. The standard InChI is InChI=1S/C20H11F5N4OS/c21-11-6-7-15(22)13(8-11)16-10-31-19(27-16)28-18(30)14-9-26-29(17(14)20(23,24)25)12-4-2-1-3-5-12/h1-10H,(H,27,28,30). The SMILES string of the molecule is O=C(Nc1nc(-c2cc(F)ccc2F)cs1)c1cnn(-c2ccccc2)c1C(F)(F)F. The first kappa shape index (κ1) is 20.7. The summed E-state index contributed by atoms with van der Waals surface area (Å²) in [6.45, 7) is 0. The number of aromatic nitrogens is 3. The highest BCUT2D eigenvalue weighted by molar-refractivity contribution is 7.14. The lowest BCUT2D eigenvalue weighted by atomic mass is 10.1.